The molecule has 1 N–H and O–H groups in total. The maximum atomic E-state index is 15.0. The first-order valence-electron chi connectivity index (χ1n) is 11.8. The van der Waals surface area contributed by atoms with Gasteiger partial charge in [0.25, 0.3) is 10.0 Å². The van der Waals surface area contributed by atoms with Gasteiger partial charge in [-0.25, -0.2) is 12.8 Å². The number of unbranched alkanes of at least 4 members (excludes halogenated alkanes) is 1. The average Bonchev–Trinajstić information content (AvgIpc) is 2.89. The molecule has 7 nitrogen and oxygen atoms in total. The summed E-state index contributed by atoms with van der Waals surface area (Å²) >= 11 is 0. The molecule has 206 valence electrons. The summed E-state index contributed by atoms with van der Waals surface area (Å²) in [5.74, 6) is -0.0253. The second-order valence-corrected chi connectivity index (χ2v) is 10.0. The number of methoxy groups -OCH3 is 1. The van der Waals surface area contributed by atoms with E-state index in [1.165, 1.54) is 25.4 Å². The predicted molar refractivity (Wildman–Crippen MR) is 137 cm³/mol. The van der Waals surface area contributed by atoms with Gasteiger partial charge in [-0.1, -0.05) is 25.5 Å². The number of nitrogens with one attached hydrogen (secondary N) is 1. The first-order valence-corrected chi connectivity index (χ1v) is 13.3. The number of hydrogen-bond donors (Lipinski definition) is 1. The van der Waals surface area contributed by atoms with Gasteiger partial charge in [0.2, 0.25) is 0 Å². The van der Waals surface area contributed by atoms with Crippen molar-refractivity contribution >= 4 is 26.6 Å². The van der Waals surface area contributed by atoms with Crippen molar-refractivity contribution in [3.8, 4) is 23.0 Å². The molecule has 0 saturated carbocycles. The molecular weight excluding hydrogens is 540 g/mol. The van der Waals surface area contributed by atoms with Crippen molar-refractivity contribution < 1.29 is 40.2 Å². The molecule has 12 heteroatoms. The molecule has 4 rings (SSSR count). The number of pyridine rings is 1. The van der Waals surface area contributed by atoms with E-state index in [-0.39, 0.29) is 17.2 Å². The van der Waals surface area contributed by atoms with Crippen molar-refractivity contribution in [3.05, 3.63) is 78.2 Å². The Morgan fingerprint density at radius 3 is 2.41 bits per heavy atom. The van der Waals surface area contributed by atoms with Gasteiger partial charge in [0, 0.05) is 23.7 Å². The summed E-state index contributed by atoms with van der Waals surface area (Å²) in [7, 11) is -3.19. The highest BCUT2D eigenvalue weighted by molar-refractivity contribution is 7.92. The number of aromatic nitrogens is 1. The van der Waals surface area contributed by atoms with Crippen molar-refractivity contribution in [2.45, 2.75) is 30.8 Å². The normalized spacial score (nSPS) is 11.8. The number of hydrogen-bond acceptors (Lipinski definition) is 6. The SMILES string of the molecule is CCCCOc1cc2nccc(Oc3ccc(NS(=O)(=O)c4ccccc4C(F)(F)F)cc3F)c2cc1OC. The van der Waals surface area contributed by atoms with Gasteiger partial charge in [-0.3, -0.25) is 9.71 Å². The summed E-state index contributed by atoms with van der Waals surface area (Å²) in [5.41, 5.74) is -1.11. The average molecular weight is 565 g/mol. The minimum atomic E-state index is -4.90. The van der Waals surface area contributed by atoms with Crippen molar-refractivity contribution in [2.75, 3.05) is 18.4 Å². The zero-order valence-electron chi connectivity index (χ0n) is 20.9. The molecule has 1 heterocycles. The van der Waals surface area contributed by atoms with Crippen molar-refractivity contribution in [1.82, 2.24) is 4.98 Å². The molecule has 0 amide bonds. The number of rotatable bonds is 10. The molecule has 0 bridgehead atoms. The zero-order valence-corrected chi connectivity index (χ0v) is 21.7. The van der Waals surface area contributed by atoms with Crippen LogP contribution in [-0.2, 0) is 16.2 Å². The smallest absolute Gasteiger partial charge is 0.417 e. The summed E-state index contributed by atoms with van der Waals surface area (Å²) in [6.45, 7) is 2.54. The van der Waals surface area contributed by atoms with E-state index in [9.17, 15) is 26.0 Å². The van der Waals surface area contributed by atoms with Gasteiger partial charge in [0.15, 0.2) is 23.1 Å². The Hall–Kier alpha value is -4.06. The maximum Gasteiger partial charge on any atom is 0.417 e. The molecule has 0 fully saturated rings. The molecule has 0 aliphatic heterocycles. The lowest BCUT2D eigenvalue weighted by atomic mass is 10.1. The Bertz CT molecular complexity index is 1590. The van der Waals surface area contributed by atoms with Gasteiger partial charge >= 0.3 is 6.18 Å². The largest absolute Gasteiger partial charge is 0.493 e. The lowest BCUT2D eigenvalue weighted by Gasteiger charge is -2.15. The zero-order chi connectivity index (χ0) is 28.2. The summed E-state index contributed by atoms with van der Waals surface area (Å²) in [6, 6.07) is 11.7. The molecule has 0 aliphatic rings. The van der Waals surface area contributed by atoms with Crippen LogP contribution in [0.25, 0.3) is 10.9 Å². The number of nitrogens with zero attached hydrogens (tertiary/aromatic N) is 1. The van der Waals surface area contributed by atoms with Crippen LogP contribution in [0.2, 0.25) is 0 Å². The van der Waals surface area contributed by atoms with Gasteiger partial charge in [0.05, 0.1) is 35.4 Å². The summed E-state index contributed by atoms with van der Waals surface area (Å²) in [5, 5.41) is 0.505. The molecule has 3 aromatic carbocycles. The van der Waals surface area contributed by atoms with E-state index in [1.54, 1.807) is 12.1 Å². The molecule has 39 heavy (non-hydrogen) atoms. The number of sulfonamides is 1. The van der Waals surface area contributed by atoms with Crippen LogP contribution in [0.3, 0.4) is 0 Å². The van der Waals surface area contributed by atoms with Crippen LogP contribution in [0.4, 0.5) is 23.2 Å². The molecule has 0 aliphatic carbocycles. The minimum absolute atomic E-state index is 0.241. The second-order valence-electron chi connectivity index (χ2n) is 8.38. The van der Waals surface area contributed by atoms with Crippen LogP contribution in [0.1, 0.15) is 25.3 Å². The van der Waals surface area contributed by atoms with Gasteiger partial charge in [-0.2, -0.15) is 13.2 Å². The standard InChI is InChI=1S/C27H24F4N2O5S/c1-3-4-13-37-25-16-21-18(15-24(25)36-2)22(11-12-32-21)38-23-10-9-17(14-20(23)28)33-39(34,35)26-8-6-5-7-19(26)27(29,30)31/h5-12,14-16,33H,3-4,13H2,1-2H3. The highest BCUT2D eigenvalue weighted by Gasteiger charge is 2.37. The quantitative estimate of drug-likeness (QED) is 0.162. The van der Waals surface area contributed by atoms with Crippen LogP contribution in [0.15, 0.2) is 71.8 Å². The molecule has 0 radical (unpaired) electrons. The van der Waals surface area contributed by atoms with E-state index < -0.39 is 32.5 Å². The first kappa shape index (κ1) is 28.0. The van der Waals surface area contributed by atoms with Gasteiger partial charge in [-0.15, -0.1) is 0 Å². The van der Waals surface area contributed by atoms with Crippen LogP contribution in [-0.4, -0.2) is 27.1 Å². The summed E-state index contributed by atoms with van der Waals surface area (Å²) in [6.07, 6.45) is -1.61. The van der Waals surface area contributed by atoms with Gasteiger partial charge < -0.3 is 14.2 Å². The Kier molecular flexibility index (Phi) is 8.14. The third-order valence-electron chi connectivity index (χ3n) is 5.63. The lowest BCUT2D eigenvalue weighted by Crippen LogP contribution is -2.19. The molecule has 0 saturated heterocycles. The number of fused-ring (bicyclic) bond motifs is 1. The molecule has 1 aromatic heterocycles. The highest BCUT2D eigenvalue weighted by atomic mass is 32.2. The Labute approximate surface area is 222 Å². The number of anilines is 1. The number of halogens is 4. The van der Waals surface area contributed by atoms with E-state index in [2.05, 4.69) is 4.98 Å². The number of alkyl halides is 3. The van der Waals surface area contributed by atoms with Crippen molar-refractivity contribution in [1.29, 1.82) is 0 Å². The maximum absolute atomic E-state index is 15.0. The van der Waals surface area contributed by atoms with E-state index in [1.807, 2.05) is 11.6 Å². The Balaban J connectivity index is 1.60. The molecule has 4 aromatic rings. The monoisotopic (exact) mass is 564 g/mol. The number of ether oxygens (including phenoxy) is 3. The van der Waals surface area contributed by atoms with Crippen LogP contribution in [0.5, 0.6) is 23.0 Å². The van der Waals surface area contributed by atoms with Crippen LogP contribution in [0, 0.1) is 5.82 Å². The molecule has 0 spiro atoms. The van der Waals surface area contributed by atoms with Crippen molar-refractivity contribution in [2.24, 2.45) is 0 Å². The number of benzene rings is 3. The van der Waals surface area contributed by atoms with Crippen LogP contribution >= 0.6 is 0 Å². The summed E-state index contributed by atoms with van der Waals surface area (Å²) < 4.78 is 99.2. The fourth-order valence-electron chi connectivity index (χ4n) is 3.73. The predicted octanol–water partition coefficient (Wildman–Crippen LogP) is 7.17. The second kappa shape index (κ2) is 11.4. The van der Waals surface area contributed by atoms with Crippen molar-refractivity contribution in [3.63, 3.8) is 0 Å². The summed E-state index contributed by atoms with van der Waals surface area (Å²) in [4.78, 5) is 3.33. The van der Waals surface area contributed by atoms with Gasteiger partial charge in [-0.05, 0) is 42.8 Å². The third kappa shape index (κ3) is 6.33. The minimum Gasteiger partial charge on any atom is -0.493 e. The lowest BCUT2D eigenvalue weighted by molar-refractivity contribution is -0.139. The van der Waals surface area contributed by atoms with Crippen LogP contribution < -0.4 is 18.9 Å². The molecular formula is C27H24F4N2O5S. The topological polar surface area (TPSA) is 86.8 Å². The van der Waals surface area contributed by atoms with Gasteiger partial charge in [0.1, 0.15) is 5.75 Å². The molecule has 0 unspecified atom stereocenters. The van der Waals surface area contributed by atoms with E-state index in [0.29, 0.717) is 35.1 Å². The van der Waals surface area contributed by atoms with E-state index in [0.717, 1.165) is 43.2 Å². The Morgan fingerprint density at radius 1 is 0.949 bits per heavy atom. The highest BCUT2D eigenvalue weighted by Crippen LogP contribution is 2.38. The molecule has 0 atom stereocenters. The van der Waals surface area contributed by atoms with E-state index in [4.69, 9.17) is 14.2 Å². The van der Waals surface area contributed by atoms with E-state index >= 15 is 0 Å². The first-order chi connectivity index (χ1) is 18.5. The fourth-order valence-corrected chi connectivity index (χ4v) is 5.01. The Morgan fingerprint density at radius 2 is 1.72 bits per heavy atom. The fraction of sp³-hybridized carbons (Fsp3) is 0.222. The third-order valence-corrected chi connectivity index (χ3v) is 7.07.